The van der Waals surface area contributed by atoms with Crippen LogP contribution in [0.15, 0.2) is 0 Å². The first kappa shape index (κ1) is 22.9. The number of unbranched alkanes of at least 4 members (excludes halogenated alkanes) is 1. The van der Waals surface area contributed by atoms with Crippen LogP contribution in [0.1, 0.15) is 52.4 Å². The quantitative estimate of drug-likeness (QED) is 0.335. The first-order valence-corrected chi connectivity index (χ1v) is 8.78. The summed E-state index contributed by atoms with van der Waals surface area (Å²) in [7, 11) is 3.31. The predicted molar refractivity (Wildman–Crippen MR) is 91.7 cm³/mol. The molecular formula is C18H34O6. The maximum Gasteiger partial charge on any atom is 0.305 e. The summed E-state index contributed by atoms with van der Waals surface area (Å²) in [5.41, 5.74) is 0. The number of hydrogen-bond acceptors (Lipinski definition) is 6. The topological polar surface area (TPSA) is 71.1 Å². The lowest BCUT2D eigenvalue weighted by Crippen LogP contribution is -2.14. The van der Waals surface area contributed by atoms with Gasteiger partial charge in [-0.05, 0) is 37.5 Å². The van der Waals surface area contributed by atoms with Gasteiger partial charge in [-0.1, -0.05) is 13.8 Å². The molecule has 6 nitrogen and oxygen atoms in total. The molecule has 0 rings (SSSR count). The van der Waals surface area contributed by atoms with E-state index >= 15 is 0 Å². The van der Waals surface area contributed by atoms with Crippen LogP contribution in [0.25, 0.3) is 0 Å². The lowest BCUT2D eigenvalue weighted by molar-refractivity contribution is -0.147. The molecule has 0 aromatic heterocycles. The molecule has 0 aromatic rings. The zero-order chi connectivity index (χ0) is 18.2. The van der Waals surface area contributed by atoms with E-state index in [1.807, 2.05) is 13.8 Å². The van der Waals surface area contributed by atoms with Gasteiger partial charge in [-0.25, -0.2) is 0 Å². The molecule has 6 heteroatoms. The van der Waals surface area contributed by atoms with E-state index in [1.54, 1.807) is 14.2 Å². The number of carbonyl (C=O) groups excluding carboxylic acids is 2. The van der Waals surface area contributed by atoms with Gasteiger partial charge in [-0.3, -0.25) is 9.59 Å². The van der Waals surface area contributed by atoms with Crippen molar-refractivity contribution >= 4 is 11.9 Å². The van der Waals surface area contributed by atoms with E-state index in [2.05, 4.69) is 0 Å². The molecule has 0 N–H and O–H groups in total. The Balaban J connectivity index is 3.56. The van der Waals surface area contributed by atoms with E-state index in [4.69, 9.17) is 18.9 Å². The minimum atomic E-state index is -0.208. The van der Waals surface area contributed by atoms with Crippen LogP contribution in [0.3, 0.4) is 0 Å². The monoisotopic (exact) mass is 346 g/mol. The maximum absolute atomic E-state index is 11.6. The fourth-order valence-electron chi connectivity index (χ4n) is 1.96. The molecule has 0 bridgehead atoms. The van der Waals surface area contributed by atoms with E-state index in [0.29, 0.717) is 63.9 Å². The molecule has 2 atom stereocenters. The third kappa shape index (κ3) is 14.5. The fourth-order valence-corrected chi connectivity index (χ4v) is 1.96. The Hall–Kier alpha value is -1.14. The average molecular weight is 346 g/mol. The molecule has 0 aliphatic carbocycles. The summed E-state index contributed by atoms with van der Waals surface area (Å²) >= 11 is 0. The molecule has 0 saturated heterocycles. The van der Waals surface area contributed by atoms with Crippen LogP contribution in [0.2, 0.25) is 0 Å². The van der Waals surface area contributed by atoms with Gasteiger partial charge >= 0.3 is 11.9 Å². The van der Waals surface area contributed by atoms with E-state index in [1.165, 1.54) is 0 Å². The number of esters is 2. The SMILES string of the molecule is COCCC(C)COC(=O)CCCCC(=O)OCC(C)CCOC. The van der Waals surface area contributed by atoms with Crippen molar-refractivity contribution in [3.05, 3.63) is 0 Å². The third-order valence-corrected chi connectivity index (χ3v) is 3.70. The Bertz CT molecular complexity index is 299. The molecule has 0 radical (unpaired) electrons. The zero-order valence-electron chi connectivity index (χ0n) is 15.7. The predicted octanol–water partition coefficient (Wildman–Crippen LogP) is 2.98. The Morgan fingerprint density at radius 2 is 1.12 bits per heavy atom. The van der Waals surface area contributed by atoms with Crippen LogP contribution < -0.4 is 0 Å². The van der Waals surface area contributed by atoms with Crippen molar-refractivity contribution in [1.29, 1.82) is 0 Å². The van der Waals surface area contributed by atoms with Crippen LogP contribution in [-0.2, 0) is 28.5 Å². The van der Waals surface area contributed by atoms with E-state index < -0.39 is 0 Å². The summed E-state index contributed by atoms with van der Waals surface area (Å²) in [5, 5.41) is 0. The standard InChI is InChI=1S/C18H34O6/c1-15(9-11-21-3)13-23-17(19)7-5-6-8-18(20)24-14-16(2)10-12-22-4/h15-16H,5-14H2,1-4H3. The molecule has 2 unspecified atom stereocenters. The molecule has 0 spiro atoms. The van der Waals surface area contributed by atoms with Crippen molar-refractivity contribution in [1.82, 2.24) is 0 Å². The third-order valence-electron chi connectivity index (χ3n) is 3.70. The summed E-state index contributed by atoms with van der Waals surface area (Å²) in [6.07, 6.45) is 3.71. The summed E-state index contributed by atoms with van der Waals surface area (Å²) < 4.78 is 20.4. The van der Waals surface area contributed by atoms with Crippen molar-refractivity contribution in [2.75, 3.05) is 40.6 Å². The highest BCUT2D eigenvalue weighted by Gasteiger charge is 2.10. The number of methoxy groups -OCH3 is 2. The number of rotatable bonds is 15. The molecule has 0 amide bonds. The highest BCUT2D eigenvalue weighted by molar-refractivity contribution is 5.70. The Morgan fingerprint density at radius 1 is 0.750 bits per heavy atom. The molecule has 0 aromatic carbocycles. The van der Waals surface area contributed by atoms with Gasteiger partial charge < -0.3 is 18.9 Å². The van der Waals surface area contributed by atoms with Gasteiger partial charge in [-0.2, -0.15) is 0 Å². The van der Waals surface area contributed by atoms with E-state index in [-0.39, 0.29) is 11.9 Å². The lowest BCUT2D eigenvalue weighted by atomic mass is 10.1. The second-order valence-corrected chi connectivity index (χ2v) is 6.35. The Morgan fingerprint density at radius 3 is 1.46 bits per heavy atom. The lowest BCUT2D eigenvalue weighted by Gasteiger charge is -2.12. The largest absolute Gasteiger partial charge is 0.465 e. The molecule has 0 fully saturated rings. The van der Waals surface area contributed by atoms with E-state index in [0.717, 1.165) is 12.8 Å². The Labute approximate surface area is 146 Å². The first-order valence-electron chi connectivity index (χ1n) is 8.78. The van der Waals surface area contributed by atoms with Crippen LogP contribution in [0.4, 0.5) is 0 Å². The smallest absolute Gasteiger partial charge is 0.305 e. The molecule has 142 valence electrons. The highest BCUT2D eigenvalue weighted by Crippen LogP contribution is 2.08. The molecular weight excluding hydrogens is 312 g/mol. The summed E-state index contributed by atoms with van der Waals surface area (Å²) in [4.78, 5) is 23.2. The van der Waals surface area contributed by atoms with Crippen LogP contribution >= 0.6 is 0 Å². The summed E-state index contributed by atoms with van der Waals surface area (Å²) in [6.45, 7) is 6.23. The second-order valence-electron chi connectivity index (χ2n) is 6.35. The van der Waals surface area contributed by atoms with E-state index in [9.17, 15) is 9.59 Å². The normalized spacial score (nSPS) is 13.3. The van der Waals surface area contributed by atoms with Gasteiger partial charge in [0.1, 0.15) is 0 Å². The van der Waals surface area contributed by atoms with Crippen molar-refractivity contribution < 1.29 is 28.5 Å². The van der Waals surface area contributed by atoms with Crippen molar-refractivity contribution in [3.63, 3.8) is 0 Å². The molecule has 0 aliphatic rings. The van der Waals surface area contributed by atoms with Crippen LogP contribution in [0, 0.1) is 11.8 Å². The zero-order valence-corrected chi connectivity index (χ0v) is 15.7. The first-order chi connectivity index (χ1) is 11.5. The van der Waals surface area contributed by atoms with Crippen LogP contribution in [-0.4, -0.2) is 52.6 Å². The molecule has 24 heavy (non-hydrogen) atoms. The van der Waals surface area contributed by atoms with Crippen LogP contribution in [0.5, 0.6) is 0 Å². The molecule has 0 aliphatic heterocycles. The van der Waals surface area contributed by atoms with Crippen molar-refractivity contribution in [3.8, 4) is 0 Å². The fraction of sp³-hybridized carbons (Fsp3) is 0.889. The minimum absolute atomic E-state index is 0.208. The number of carbonyl (C=O) groups is 2. The number of hydrogen-bond donors (Lipinski definition) is 0. The van der Waals surface area contributed by atoms with Gasteiger partial charge in [0.05, 0.1) is 13.2 Å². The van der Waals surface area contributed by atoms with Gasteiger partial charge in [0.25, 0.3) is 0 Å². The van der Waals surface area contributed by atoms with Gasteiger partial charge in [0.15, 0.2) is 0 Å². The number of ether oxygens (including phenoxy) is 4. The molecule has 0 saturated carbocycles. The average Bonchev–Trinajstić information content (AvgIpc) is 2.58. The highest BCUT2D eigenvalue weighted by atomic mass is 16.5. The van der Waals surface area contributed by atoms with Gasteiger partial charge in [0, 0.05) is 40.3 Å². The van der Waals surface area contributed by atoms with Crippen molar-refractivity contribution in [2.45, 2.75) is 52.4 Å². The second kappa shape index (κ2) is 15.4. The summed E-state index contributed by atoms with van der Waals surface area (Å²) in [5.74, 6) is 0.176. The maximum atomic E-state index is 11.6. The Kier molecular flexibility index (Phi) is 14.7. The van der Waals surface area contributed by atoms with Gasteiger partial charge in [0.2, 0.25) is 0 Å². The minimum Gasteiger partial charge on any atom is -0.465 e. The van der Waals surface area contributed by atoms with Crippen molar-refractivity contribution in [2.24, 2.45) is 11.8 Å². The van der Waals surface area contributed by atoms with Gasteiger partial charge in [-0.15, -0.1) is 0 Å². The summed E-state index contributed by atoms with van der Waals surface area (Å²) in [6, 6.07) is 0. The molecule has 0 heterocycles.